The normalized spacial score (nSPS) is 36.7. The van der Waals surface area contributed by atoms with Gasteiger partial charge < -0.3 is 50.0 Å². The molecule has 1 fully saturated rings. The number of aliphatic hydroxyl groups excluding tert-OH is 6. The molecule has 0 aromatic heterocycles. The maximum Gasteiger partial charge on any atom is 0.335 e. The van der Waals surface area contributed by atoms with Crippen LogP contribution in [-0.4, -0.2) is 103 Å². The van der Waals surface area contributed by atoms with Crippen LogP contribution in [0, 0.1) is 0 Å². The van der Waals surface area contributed by atoms with E-state index in [0.717, 1.165) is 6.92 Å². The number of carboxylic acid groups (broad SMARTS) is 1. The molecule has 0 aromatic carbocycles. The SMILES string of the molecule is C[C@@H](O)[C@@H](O)[C@H](O)[C@H](C=O)O[C@H]1O[C@H](C(=O)O)[C@H](O)[C@H](O)[C@H]1O. The highest BCUT2D eigenvalue weighted by molar-refractivity contribution is 5.73. The number of aliphatic hydroxyl groups is 6. The lowest BCUT2D eigenvalue weighted by Crippen LogP contribution is -2.61. The minimum Gasteiger partial charge on any atom is -0.479 e. The average molecular weight is 340 g/mol. The molecule has 0 bridgehead atoms. The Bertz CT molecular complexity index is 414. The van der Waals surface area contributed by atoms with Gasteiger partial charge in [-0.1, -0.05) is 0 Å². The van der Waals surface area contributed by atoms with Crippen LogP contribution >= 0.6 is 0 Å². The standard InChI is InChI=1S/C12H20O11/c1-3(14)5(15)6(16)4(2-13)22-12-9(19)7(17)8(18)10(23-12)11(20)21/h2-10,12,14-19H,1H3,(H,20,21)/t3-,4+,5-,6-,7+,8-,9-,10+,12+/m1/s1. The number of aldehydes is 1. The van der Waals surface area contributed by atoms with Crippen molar-refractivity contribution in [3.8, 4) is 0 Å². The summed E-state index contributed by atoms with van der Waals surface area (Å²) in [4.78, 5) is 21.9. The number of carbonyl (C=O) groups excluding carboxylic acids is 1. The van der Waals surface area contributed by atoms with Crippen molar-refractivity contribution in [3.05, 3.63) is 0 Å². The van der Waals surface area contributed by atoms with Crippen molar-refractivity contribution in [1.29, 1.82) is 0 Å². The molecule has 0 amide bonds. The van der Waals surface area contributed by atoms with Gasteiger partial charge in [-0.25, -0.2) is 4.79 Å². The van der Waals surface area contributed by atoms with Gasteiger partial charge in [-0.05, 0) is 6.92 Å². The molecule has 1 aliphatic heterocycles. The zero-order chi connectivity index (χ0) is 17.9. The Labute approximate surface area is 130 Å². The van der Waals surface area contributed by atoms with Crippen LogP contribution < -0.4 is 0 Å². The first-order valence-corrected chi connectivity index (χ1v) is 6.69. The van der Waals surface area contributed by atoms with Crippen LogP contribution in [0.15, 0.2) is 0 Å². The molecule has 0 aliphatic carbocycles. The van der Waals surface area contributed by atoms with E-state index in [-0.39, 0.29) is 6.29 Å². The fraction of sp³-hybridized carbons (Fsp3) is 0.833. The molecule has 0 aromatic rings. The van der Waals surface area contributed by atoms with Crippen LogP contribution in [0.3, 0.4) is 0 Å². The molecule has 9 atom stereocenters. The number of carboxylic acids is 1. The number of aliphatic carboxylic acids is 1. The summed E-state index contributed by atoms with van der Waals surface area (Å²) in [6.45, 7) is 1.14. The highest BCUT2D eigenvalue weighted by Gasteiger charge is 2.48. The van der Waals surface area contributed by atoms with E-state index in [1.807, 2.05) is 0 Å². The van der Waals surface area contributed by atoms with Crippen molar-refractivity contribution >= 4 is 12.3 Å². The van der Waals surface area contributed by atoms with Gasteiger partial charge in [0.1, 0.15) is 36.6 Å². The van der Waals surface area contributed by atoms with Gasteiger partial charge in [0, 0.05) is 0 Å². The summed E-state index contributed by atoms with van der Waals surface area (Å²) in [5.74, 6) is -1.65. The van der Waals surface area contributed by atoms with E-state index in [4.69, 9.17) is 14.6 Å². The lowest BCUT2D eigenvalue weighted by molar-refractivity contribution is -0.308. The smallest absolute Gasteiger partial charge is 0.335 e. The summed E-state index contributed by atoms with van der Waals surface area (Å²) in [6.07, 6.45) is -16.5. The largest absolute Gasteiger partial charge is 0.479 e. The van der Waals surface area contributed by atoms with E-state index in [9.17, 15) is 40.2 Å². The van der Waals surface area contributed by atoms with E-state index in [1.165, 1.54) is 0 Å². The van der Waals surface area contributed by atoms with Crippen molar-refractivity contribution in [3.63, 3.8) is 0 Å². The maximum absolute atomic E-state index is 11.0. The van der Waals surface area contributed by atoms with Gasteiger partial charge in [-0.2, -0.15) is 0 Å². The predicted molar refractivity (Wildman–Crippen MR) is 68.9 cm³/mol. The van der Waals surface area contributed by atoms with E-state index in [2.05, 4.69) is 0 Å². The van der Waals surface area contributed by atoms with Gasteiger partial charge in [0.2, 0.25) is 0 Å². The topological polar surface area (TPSA) is 194 Å². The summed E-state index contributed by atoms with van der Waals surface area (Å²) in [5.41, 5.74) is 0. The third kappa shape index (κ3) is 4.43. The Kier molecular flexibility index (Phi) is 6.98. The van der Waals surface area contributed by atoms with E-state index < -0.39 is 61.1 Å². The minimum absolute atomic E-state index is 0.0412. The van der Waals surface area contributed by atoms with Crippen LogP contribution in [0.5, 0.6) is 0 Å². The Morgan fingerprint density at radius 2 is 1.65 bits per heavy atom. The molecule has 23 heavy (non-hydrogen) atoms. The van der Waals surface area contributed by atoms with E-state index in [1.54, 1.807) is 0 Å². The van der Waals surface area contributed by atoms with Crippen molar-refractivity contribution in [2.75, 3.05) is 0 Å². The molecule has 0 radical (unpaired) electrons. The fourth-order valence-corrected chi connectivity index (χ4v) is 1.99. The first-order chi connectivity index (χ1) is 10.6. The van der Waals surface area contributed by atoms with Crippen LogP contribution in [-0.2, 0) is 19.1 Å². The molecule has 1 rings (SSSR count). The summed E-state index contributed by atoms with van der Waals surface area (Å²) < 4.78 is 9.66. The third-order valence-electron chi connectivity index (χ3n) is 3.42. The zero-order valence-electron chi connectivity index (χ0n) is 12.0. The zero-order valence-corrected chi connectivity index (χ0v) is 12.0. The van der Waals surface area contributed by atoms with Crippen molar-refractivity contribution < 1.29 is 54.8 Å². The van der Waals surface area contributed by atoms with Gasteiger partial charge in [-0.15, -0.1) is 0 Å². The summed E-state index contributed by atoms with van der Waals surface area (Å²) in [7, 11) is 0. The second-order valence-corrected chi connectivity index (χ2v) is 5.19. The van der Waals surface area contributed by atoms with E-state index in [0.29, 0.717) is 0 Å². The third-order valence-corrected chi connectivity index (χ3v) is 3.42. The van der Waals surface area contributed by atoms with Gasteiger partial charge in [0.25, 0.3) is 0 Å². The first kappa shape index (κ1) is 19.9. The van der Waals surface area contributed by atoms with Gasteiger partial charge in [0.05, 0.1) is 6.10 Å². The van der Waals surface area contributed by atoms with Gasteiger partial charge in [-0.3, -0.25) is 0 Å². The van der Waals surface area contributed by atoms with Crippen molar-refractivity contribution in [1.82, 2.24) is 0 Å². The van der Waals surface area contributed by atoms with Gasteiger partial charge >= 0.3 is 5.97 Å². The number of rotatable bonds is 7. The lowest BCUT2D eigenvalue weighted by Gasteiger charge is -2.40. The molecular weight excluding hydrogens is 320 g/mol. The van der Waals surface area contributed by atoms with E-state index >= 15 is 0 Å². The summed E-state index contributed by atoms with van der Waals surface area (Å²) in [6, 6.07) is 0. The number of hydrogen-bond acceptors (Lipinski definition) is 10. The number of ether oxygens (including phenoxy) is 2. The predicted octanol–water partition coefficient (Wildman–Crippen LogP) is -4.43. The second-order valence-electron chi connectivity index (χ2n) is 5.19. The first-order valence-electron chi connectivity index (χ1n) is 6.69. The van der Waals surface area contributed by atoms with Crippen molar-refractivity contribution in [2.45, 2.75) is 62.0 Å². The second kappa shape index (κ2) is 8.08. The molecule has 0 unspecified atom stereocenters. The fourth-order valence-electron chi connectivity index (χ4n) is 1.99. The molecular formula is C12H20O11. The molecule has 134 valence electrons. The Hall–Kier alpha value is -1.18. The van der Waals surface area contributed by atoms with Crippen LogP contribution in [0.1, 0.15) is 6.92 Å². The van der Waals surface area contributed by atoms with Crippen LogP contribution in [0.4, 0.5) is 0 Å². The molecule has 7 N–H and O–H groups in total. The lowest BCUT2D eigenvalue weighted by atomic mass is 9.98. The monoisotopic (exact) mass is 340 g/mol. The Morgan fingerprint density at radius 3 is 2.09 bits per heavy atom. The van der Waals surface area contributed by atoms with Crippen LogP contribution in [0.2, 0.25) is 0 Å². The molecule has 11 heteroatoms. The number of hydrogen-bond donors (Lipinski definition) is 7. The molecule has 1 saturated heterocycles. The highest BCUT2D eigenvalue weighted by atomic mass is 16.7. The van der Waals surface area contributed by atoms with Crippen LogP contribution in [0.25, 0.3) is 0 Å². The number of carbonyl (C=O) groups is 2. The van der Waals surface area contributed by atoms with Gasteiger partial charge in [0.15, 0.2) is 18.7 Å². The molecule has 1 heterocycles. The summed E-state index contributed by atoms with van der Waals surface area (Å²) >= 11 is 0. The average Bonchev–Trinajstić information content (AvgIpc) is 2.50. The highest BCUT2D eigenvalue weighted by Crippen LogP contribution is 2.24. The quantitative estimate of drug-likeness (QED) is 0.221. The molecule has 0 spiro atoms. The molecule has 0 saturated carbocycles. The minimum atomic E-state index is -1.94. The van der Waals surface area contributed by atoms with Crippen molar-refractivity contribution in [2.24, 2.45) is 0 Å². The molecule has 11 nitrogen and oxygen atoms in total. The Morgan fingerprint density at radius 1 is 1.09 bits per heavy atom. The Balaban J connectivity index is 2.87. The molecule has 1 aliphatic rings. The summed E-state index contributed by atoms with van der Waals surface area (Å²) in [5, 5.41) is 66.1. The maximum atomic E-state index is 11.0.